The summed E-state index contributed by atoms with van der Waals surface area (Å²) in [5.41, 5.74) is 0. The highest BCUT2D eigenvalue weighted by Crippen LogP contribution is 2.51. The maximum atomic E-state index is 12.6. The maximum Gasteiger partial charge on any atom is 0.511 e. The molecule has 0 aliphatic carbocycles. The number of ether oxygens (including phenoxy) is 4. The Morgan fingerprint density at radius 2 is 2.00 bits per heavy atom. The highest BCUT2D eigenvalue weighted by Gasteiger charge is 2.61. The number of nitrogens with zero attached hydrogens (tertiary/aromatic N) is 1. The van der Waals surface area contributed by atoms with E-state index >= 15 is 0 Å². The number of carbonyl (C=O) groups excluding carboxylic acids is 4. The van der Waals surface area contributed by atoms with Crippen molar-refractivity contribution in [3.05, 3.63) is 0 Å². The van der Waals surface area contributed by atoms with Crippen molar-refractivity contribution in [2.24, 2.45) is 0 Å². The molecule has 4 atom stereocenters. The van der Waals surface area contributed by atoms with Crippen LogP contribution in [0.1, 0.15) is 34.1 Å². The molecule has 0 bridgehead atoms. The number of hydrogen-bond donors (Lipinski definition) is 0. The third-order valence-electron chi connectivity index (χ3n) is 3.80. The van der Waals surface area contributed by atoms with Gasteiger partial charge in [0.15, 0.2) is 0 Å². The lowest BCUT2D eigenvalue weighted by Gasteiger charge is -2.37. The fraction of sp³-hybridized carbons (Fsp3) is 0.733. The number of thioether (sulfide) groups is 1. The summed E-state index contributed by atoms with van der Waals surface area (Å²) >= 11 is 1.39. The minimum Gasteiger partial charge on any atom is -0.464 e. The van der Waals surface area contributed by atoms with Crippen LogP contribution in [0.25, 0.3) is 0 Å². The number of esters is 2. The average molecular weight is 375 g/mol. The molecule has 10 heteroatoms. The molecule has 0 aromatic carbocycles. The van der Waals surface area contributed by atoms with E-state index in [9.17, 15) is 19.2 Å². The van der Waals surface area contributed by atoms with Gasteiger partial charge in [-0.2, -0.15) is 0 Å². The normalized spacial score (nSPS) is 28.5. The number of carbonyl (C=O) groups is 4. The van der Waals surface area contributed by atoms with Crippen LogP contribution in [0.3, 0.4) is 0 Å². The van der Waals surface area contributed by atoms with Crippen molar-refractivity contribution in [2.75, 3.05) is 13.2 Å². The molecule has 2 fully saturated rings. The van der Waals surface area contributed by atoms with E-state index in [1.165, 1.54) is 30.5 Å². The van der Waals surface area contributed by atoms with Crippen molar-refractivity contribution < 1.29 is 38.1 Å². The van der Waals surface area contributed by atoms with Gasteiger partial charge in [-0.15, -0.1) is 11.8 Å². The van der Waals surface area contributed by atoms with Crippen LogP contribution in [-0.4, -0.2) is 64.6 Å². The highest BCUT2D eigenvalue weighted by atomic mass is 32.2. The molecule has 0 radical (unpaired) electrons. The highest BCUT2D eigenvalue weighted by molar-refractivity contribution is 8.01. The Labute approximate surface area is 149 Å². The minimum absolute atomic E-state index is 0.0415. The monoisotopic (exact) mass is 375 g/mol. The number of β-lactam (4-membered cyclic amide) rings is 1. The Kier molecular flexibility index (Phi) is 5.81. The van der Waals surface area contributed by atoms with Crippen molar-refractivity contribution in [1.29, 1.82) is 0 Å². The molecule has 1 amide bonds. The molecule has 0 spiro atoms. The third kappa shape index (κ3) is 4.17. The molecule has 9 nitrogen and oxygen atoms in total. The smallest absolute Gasteiger partial charge is 0.464 e. The molecule has 4 unspecified atom stereocenters. The van der Waals surface area contributed by atoms with Crippen LogP contribution in [0.4, 0.5) is 4.79 Å². The fourth-order valence-electron chi connectivity index (χ4n) is 2.74. The van der Waals surface area contributed by atoms with Gasteiger partial charge in [0.05, 0.1) is 23.1 Å². The van der Waals surface area contributed by atoms with Crippen LogP contribution in [-0.2, 0) is 33.3 Å². The summed E-state index contributed by atoms with van der Waals surface area (Å²) in [7, 11) is 0. The SMILES string of the molecule is CCOC(=O)OC(C)OC(=O)C1N2C(=O)CC2SC1(C)COC(C)=O. The topological polar surface area (TPSA) is 108 Å². The van der Waals surface area contributed by atoms with E-state index in [0.717, 1.165) is 0 Å². The van der Waals surface area contributed by atoms with Crippen LogP contribution in [0.5, 0.6) is 0 Å². The number of rotatable bonds is 6. The second-order valence-corrected chi connectivity index (χ2v) is 7.59. The first-order valence-electron chi connectivity index (χ1n) is 7.84. The first-order chi connectivity index (χ1) is 11.7. The van der Waals surface area contributed by atoms with E-state index in [1.807, 2.05) is 0 Å². The van der Waals surface area contributed by atoms with E-state index in [2.05, 4.69) is 4.74 Å². The van der Waals surface area contributed by atoms with Crippen LogP contribution in [0.2, 0.25) is 0 Å². The van der Waals surface area contributed by atoms with Gasteiger partial charge in [-0.1, -0.05) is 0 Å². The lowest BCUT2D eigenvalue weighted by molar-refractivity contribution is -0.180. The van der Waals surface area contributed by atoms with Gasteiger partial charge in [0, 0.05) is 13.8 Å². The average Bonchev–Trinajstić information content (AvgIpc) is 2.73. The van der Waals surface area contributed by atoms with Gasteiger partial charge in [0.1, 0.15) is 12.6 Å². The van der Waals surface area contributed by atoms with Crippen LogP contribution < -0.4 is 0 Å². The largest absolute Gasteiger partial charge is 0.511 e. The predicted octanol–water partition coefficient (Wildman–Crippen LogP) is 1.04. The predicted molar refractivity (Wildman–Crippen MR) is 85.3 cm³/mol. The van der Waals surface area contributed by atoms with Crippen molar-refractivity contribution in [3.63, 3.8) is 0 Å². The summed E-state index contributed by atoms with van der Waals surface area (Å²) < 4.78 is 18.8. The van der Waals surface area contributed by atoms with Gasteiger partial charge in [-0.3, -0.25) is 9.59 Å². The first-order valence-corrected chi connectivity index (χ1v) is 8.72. The van der Waals surface area contributed by atoms with Gasteiger partial charge in [-0.25, -0.2) is 9.59 Å². The van der Waals surface area contributed by atoms with Gasteiger partial charge < -0.3 is 23.8 Å². The summed E-state index contributed by atoms with van der Waals surface area (Å²) in [6.45, 7) is 6.07. The second-order valence-electron chi connectivity index (χ2n) is 5.88. The lowest BCUT2D eigenvalue weighted by atomic mass is 9.97. The standard InChI is InChI=1S/C15H21NO8S/c1-5-21-14(20)24-9(3)23-13(19)12-15(4,7-22-8(2)17)25-11-6-10(18)16(11)12/h9,11-12H,5-7H2,1-4H3. The van der Waals surface area contributed by atoms with Crippen molar-refractivity contribution in [2.45, 2.75) is 56.6 Å². The Hall–Kier alpha value is -1.97. The van der Waals surface area contributed by atoms with E-state index in [1.54, 1.807) is 13.8 Å². The summed E-state index contributed by atoms with van der Waals surface area (Å²) in [6.07, 6.45) is -1.81. The zero-order valence-corrected chi connectivity index (χ0v) is 15.3. The molecular formula is C15H21NO8S. The number of fused-ring (bicyclic) bond motifs is 1. The zero-order chi connectivity index (χ0) is 18.8. The molecule has 25 heavy (non-hydrogen) atoms. The van der Waals surface area contributed by atoms with E-state index in [4.69, 9.17) is 14.2 Å². The van der Waals surface area contributed by atoms with Crippen LogP contribution in [0, 0.1) is 0 Å². The second kappa shape index (κ2) is 7.51. The fourth-order valence-corrected chi connectivity index (χ4v) is 4.41. The van der Waals surface area contributed by atoms with Gasteiger partial charge in [-0.05, 0) is 13.8 Å². The molecule has 2 aliphatic heterocycles. The van der Waals surface area contributed by atoms with Gasteiger partial charge >= 0.3 is 18.1 Å². The molecule has 0 N–H and O–H groups in total. The zero-order valence-electron chi connectivity index (χ0n) is 14.5. The molecule has 140 valence electrons. The van der Waals surface area contributed by atoms with Crippen molar-refractivity contribution >= 4 is 35.8 Å². The molecule has 2 aliphatic rings. The molecule has 2 saturated heterocycles. The summed E-state index contributed by atoms with van der Waals surface area (Å²) in [5, 5.41) is -0.160. The van der Waals surface area contributed by atoms with Crippen molar-refractivity contribution in [1.82, 2.24) is 4.90 Å². The lowest BCUT2D eigenvalue weighted by Crippen LogP contribution is -2.59. The summed E-state index contributed by atoms with van der Waals surface area (Å²) in [5.74, 6) is -1.38. The Bertz CT molecular complexity index is 582. The van der Waals surface area contributed by atoms with Crippen LogP contribution >= 0.6 is 11.8 Å². The Balaban J connectivity index is 2.06. The Morgan fingerprint density at radius 3 is 2.56 bits per heavy atom. The van der Waals surface area contributed by atoms with Gasteiger partial charge in [0.2, 0.25) is 12.2 Å². The molecule has 0 aromatic rings. The first kappa shape index (κ1) is 19.4. The van der Waals surface area contributed by atoms with E-state index in [0.29, 0.717) is 6.42 Å². The minimum atomic E-state index is -1.18. The van der Waals surface area contributed by atoms with Gasteiger partial charge in [0.25, 0.3) is 0 Å². The molecule has 2 heterocycles. The van der Waals surface area contributed by atoms with E-state index < -0.39 is 35.2 Å². The molecule has 0 saturated carbocycles. The molecule has 2 rings (SSSR count). The maximum absolute atomic E-state index is 12.6. The Morgan fingerprint density at radius 1 is 1.32 bits per heavy atom. The molecule has 0 aromatic heterocycles. The molecular weight excluding hydrogens is 354 g/mol. The quantitative estimate of drug-likeness (QED) is 0.291. The number of amides is 1. The number of hydrogen-bond acceptors (Lipinski definition) is 9. The summed E-state index contributed by atoms with van der Waals surface area (Å²) in [6, 6.07) is -0.934. The summed E-state index contributed by atoms with van der Waals surface area (Å²) in [4.78, 5) is 48.3. The van der Waals surface area contributed by atoms with Crippen molar-refractivity contribution in [3.8, 4) is 0 Å². The van der Waals surface area contributed by atoms with E-state index in [-0.39, 0.29) is 24.5 Å². The third-order valence-corrected chi connectivity index (χ3v) is 5.35. The van der Waals surface area contributed by atoms with Crippen LogP contribution in [0.15, 0.2) is 0 Å².